The van der Waals surface area contributed by atoms with Crippen LogP contribution in [0.3, 0.4) is 0 Å². The minimum atomic E-state index is -0.0580. The summed E-state index contributed by atoms with van der Waals surface area (Å²) in [6.07, 6.45) is 4.22. The third kappa shape index (κ3) is 4.14. The van der Waals surface area contributed by atoms with Crippen LogP contribution >= 0.6 is 0 Å². The third-order valence-corrected chi connectivity index (χ3v) is 4.35. The van der Waals surface area contributed by atoms with Crippen molar-refractivity contribution < 1.29 is 9.53 Å². The van der Waals surface area contributed by atoms with E-state index in [0.717, 1.165) is 36.5 Å². The number of methoxy groups -OCH3 is 1. The molecule has 2 aromatic rings. The molecular formula is C18H24N4O2. The first-order valence-electron chi connectivity index (χ1n) is 8.39. The predicted octanol–water partition coefficient (Wildman–Crippen LogP) is 1.68. The number of ether oxygens (including phenoxy) is 1. The number of piperidine rings is 1. The predicted molar refractivity (Wildman–Crippen MR) is 91.9 cm³/mol. The van der Waals surface area contributed by atoms with Gasteiger partial charge in [0.05, 0.1) is 12.8 Å². The van der Waals surface area contributed by atoms with Gasteiger partial charge in [-0.05, 0) is 31.5 Å². The average molecular weight is 328 g/mol. The quantitative estimate of drug-likeness (QED) is 0.846. The molecule has 6 heteroatoms. The van der Waals surface area contributed by atoms with Crippen molar-refractivity contribution in [2.45, 2.75) is 31.8 Å². The molecule has 1 aromatic heterocycles. The lowest BCUT2D eigenvalue weighted by atomic mass is 9.97. The second kappa shape index (κ2) is 7.97. The fourth-order valence-corrected chi connectivity index (χ4v) is 3.03. The maximum absolute atomic E-state index is 12.1. The number of benzene rings is 1. The number of amides is 1. The van der Waals surface area contributed by atoms with E-state index in [1.54, 1.807) is 11.8 Å². The molecule has 24 heavy (non-hydrogen) atoms. The summed E-state index contributed by atoms with van der Waals surface area (Å²) in [5.74, 6) is 1.18. The van der Waals surface area contributed by atoms with E-state index < -0.39 is 0 Å². The van der Waals surface area contributed by atoms with Crippen LogP contribution in [-0.2, 0) is 17.9 Å². The molecular weight excluding hydrogens is 304 g/mol. The Morgan fingerprint density at radius 2 is 2.29 bits per heavy atom. The van der Waals surface area contributed by atoms with Gasteiger partial charge in [0, 0.05) is 30.8 Å². The molecule has 2 N–H and O–H groups in total. The van der Waals surface area contributed by atoms with E-state index in [-0.39, 0.29) is 12.5 Å². The summed E-state index contributed by atoms with van der Waals surface area (Å²) < 4.78 is 7.00. The highest BCUT2D eigenvalue weighted by molar-refractivity contribution is 5.75. The summed E-state index contributed by atoms with van der Waals surface area (Å²) in [5.41, 5.74) is 2.03. The Hall–Kier alpha value is -2.34. The van der Waals surface area contributed by atoms with Crippen molar-refractivity contribution in [3.8, 4) is 5.75 Å². The first-order chi connectivity index (χ1) is 11.8. The topological polar surface area (TPSA) is 68.2 Å². The number of carbonyl (C=O) groups excluding carboxylic acids is 1. The molecule has 0 aliphatic carbocycles. The van der Waals surface area contributed by atoms with Gasteiger partial charge < -0.3 is 15.4 Å². The Bertz CT molecular complexity index is 677. The Balaban J connectivity index is 1.52. The molecule has 1 aliphatic rings. The molecule has 1 aliphatic heterocycles. The van der Waals surface area contributed by atoms with Crippen LogP contribution in [0.1, 0.15) is 30.0 Å². The van der Waals surface area contributed by atoms with E-state index in [0.29, 0.717) is 12.5 Å². The molecule has 0 bridgehead atoms. The van der Waals surface area contributed by atoms with E-state index in [9.17, 15) is 4.79 Å². The van der Waals surface area contributed by atoms with E-state index in [2.05, 4.69) is 15.7 Å². The van der Waals surface area contributed by atoms with Crippen molar-refractivity contribution in [3.63, 3.8) is 0 Å². The van der Waals surface area contributed by atoms with Gasteiger partial charge in [-0.3, -0.25) is 9.48 Å². The molecule has 128 valence electrons. The molecule has 1 amide bonds. The molecule has 1 atom stereocenters. The lowest BCUT2D eigenvalue weighted by Crippen LogP contribution is -2.29. The minimum Gasteiger partial charge on any atom is -0.496 e. The number of carbonyl (C=O) groups is 1. The zero-order valence-electron chi connectivity index (χ0n) is 14.0. The minimum absolute atomic E-state index is 0.0580. The summed E-state index contributed by atoms with van der Waals surface area (Å²) >= 11 is 0. The van der Waals surface area contributed by atoms with Crippen LogP contribution in [0.15, 0.2) is 36.5 Å². The van der Waals surface area contributed by atoms with E-state index >= 15 is 0 Å². The number of para-hydroxylation sites is 1. The Morgan fingerprint density at radius 3 is 3.08 bits per heavy atom. The third-order valence-electron chi connectivity index (χ3n) is 4.35. The second-order valence-electron chi connectivity index (χ2n) is 6.07. The molecule has 0 saturated carbocycles. The van der Waals surface area contributed by atoms with E-state index in [1.807, 2.05) is 36.5 Å². The van der Waals surface area contributed by atoms with Gasteiger partial charge in [-0.15, -0.1) is 0 Å². The molecule has 0 radical (unpaired) electrons. The van der Waals surface area contributed by atoms with Gasteiger partial charge >= 0.3 is 0 Å². The zero-order chi connectivity index (χ0) is 16.8. The number of hydrogen-bond donors (Lipinski definition) is 2. The molecule has 0 spiro atoms. The highest BCUT2D eigenvalue weighted by Crippen LogP contribution is 2.21. The molecule has 6 nitrogen and oxygen atoms in total. The number of rotatable bonds is 6. The first-order valence-corrected chi connectivity index (χ1v) is 8.39. The SMILES string of the molecule is COc1ccccc1CNC(=O)Cn1ccc([C@@H]2CCCNC2)n1. The summed E-state index contributed by atoms with van der Waals surface area (Å²) in [4.78, 5) is 12.1. The zero-order valence-corrected chi connectivity index (χ0v) is 14.0. The van der Waals surface area contributed by atoms with Crippen molar-refractivity contribution in [3.05, 3.63) is 47.8 Å². The number of nitrogens with one attached hydrogen (secondary N) is 2. The maximum atomic E-state index is 12.1. The summed E-state index contributed by atoms with van der Waals surface area (Å²) in [5, 5.41) is 10.9. The normalized spacial score (nSPS) is 17.5. The Kier molecular flexibility index (Phi) is 5.48. The highest BCUT2D eigenvalue weighted by Gasteiger charge is 2.17. The van der Waals surface area contributed by atoms with Gasteiger partial charge in [-0.1, -0.05) is 18.2 Å². The lowest BCUT2D eigenvalue weighted by molar-refractivity contribution is -0.122. The summed E-state index contributed by atoms with van der Waals surface area (Å²) in [6, 6.07) is 9.70. The highest BCUT2D eigenvalue weighted by atomic mass is 16.5. The molecule has 1 saturated heterocycles. The van der Waals surface area contributed by atoms with Crippen LogP contribution in [0.4, 0.5) is 0 Å². The number of nitrogens with zero attached hydrogens (tertiary/aromatic N) is 2. The molecule has 3 rings (SSSR count). The summed E-state index contributed by atoms with van der Waals surface area (Å²) in [6.45, 7) is 2.73. The van der Waals surface area contributed by atoms with Gasteiger partial charge in [-0.2, -0.15) is 5.10 Å². The molecule has 2 heterocycles. The van der Waals surface area contributed by atoms with Gasteiger partial charge in [0.1, 0.15) is 12.3 Å². The van der Waals surface area contributed by atoms with Gasteiger partial charge in [-0.25, -0.2) is 0 Å². The van der Waals surface area contributed by atoms with Crippen LogP contribution in [0.5, 0.6) is 5.75 Å². The molecule has 1 aromatic carbocycles. The summed E-state index contributed by atoms with van der Waals surface area (Å²) in [7, 11) is 1.63. The fraction of sp³-hybridized carbons (Fsp3) is 0.444. The number of aromatic nitrogens is 2. The first kappa shape index (κ1) is 16.5. The number of hydrogen-bond acceptors (Lipinski definition) is 4. The molecule has 1 fully saturated rings. The largest absolute Gasteiger partial charge is 0.496 e. The van der Waals surface area contributed by atoms with Crippen molar-refractivity contribution >= 4 is 5.91 Å². The van der Waals surface area contributed by atoms with Crippen LogP contribution in [0.25, 0.3) is 0 Å². The average Bonchev–Trinajstić information content (AvgIpc) is 3.09. The van der Waals surface area contributed by atoms with Crippen LogP contribution in [-0.4, -0.2) is 35.9 Å². The van der Waals surface area contributed by atoms with Gasteiger partial charge in [0.2, 0.25) is 5.91 Å². The van der Waals surface area contributed by atoms with Gasteiger partial charge in [0.15, 0.2) is 0 Å². The van der Waals surface area contributed by atoms with Crippen LogP contribution in [0.2, 0.25) is 0 Å². The fourth-order valence-electron chi connectivity index (χ4n) is 3.03. The van der Waals surface area contributed by atoms with Crippen LogP contribution in [0, 0.1) is 0 Å². The maximum Gasteiger partial charge on any atom is 0.241 e. The smallest absolute Gasteiger partial charge is 0.241 e. The van der Waals surface area contributed by atoms with Gasteiger partial charge in [0.25, 0.3) is 0 Å². The van der Waals surface area contributed by atoms with Crippen molar-refractivity contribution in [2.75, 3.05) is 20.2 Å². The Morgan fingerprint density at radius 1 is 1.42 bits per heavy atom. The van der Waals surface area contributed by atoms with E-state index in [1.165, 1.54) is 6.42 Å². The second-order valence-corrected chi connectivity index (χ2v) is 6.07. The molecule has 0 unspecified atom stereocenters. The van der Waals surface area contributed by atoms with Crippen molar-refractivity contribution in [1.29, 1.82) is 0 Å². The van der Waals surface area contributed by atoms with Crippen molar-refractivity contribution in [1.82, 2.24) is 20.4 Å². The standard InChI is InChI=1S/C18H24N4O2/c1-24-17-7-3-2-5-15(17)12-20-18(23)13-22-10-8-16(21-22)14-6-4-9-19-11-14/h2-3,5,7-8,10,14,19H,4,6,9,11-13H2,1H3,(H,20,23)/t14-/m1/s1. The Labute approximate surface area is 142 Å². The van der Waals surface area contributed by atoms with Crippen LogP contribution < -0.4 is 15.4 Å². The lowest BCUT2D eigenvalue weighted by Gasteiger charge is -2.20. The monoisotopic (exact) mass is 328 g/mol. The van der Waals surface area contributed by atoms with Crippen molar-refractivity contribution in [2.24, 2.45) is 0 Å². The van der Waals surface area contributed by atoms with E-state index in [4.69, 9.17) is 4.74 Å².